The molecule has 1 aromatic heterocycles. The summed E-state index contributed by atoms with van der Waals surface area (Å²) in [7, 11) is 0. The molecule has 0 fully saturated rings. The molecule has 0 aliphatic rings. The Morgan fingerprint density at radius 1 is 0.958 bits per heavy atom. The summed E-state index contributed by atoms with van der Waals surface area (Å²) in [5.41, 5.74) is 2.35. The van der Waals surface area contributed by atoms with Crippen LogP contribution < -0.4 is 5.32 Å². The summed E-state index contributed by atoms with van der Waals surface area (Å²) in [4.78, 5) is 22.8. The number of para-hydroxylation sites is 1. The van der Waals surface area contributed by atoms with Gasteiger partial charge in [0.15, 0.2) is 0 Å². The lowest BCUT2D eigenvalue weighted by Gasteiger charge is -2.06. The van der Waals surface area contributed by atoms with Crippen LogP contribution in [0.15, 0.2) is 59.0 Å². The highest BCUT2D eigenvalue weighted by atomic mass is 16.4. The fraction of sp³-hybridized carbons (Fsp3) is 0.158. The third-order valence-corrected chi connectivity index (χ3v) is 3.65. The lowest BCUT2D eigenvalue weighted by molar-refractivity contribution is -0.136. The maximum atomic E-state index is 12.1. The number of hydrogen-bond acceptors (Lipinski definition) is 3. The predicted molar refractivity (Wildman–Crippen MR) is 89.5 cm³/mol. The number of nitrogens with one attached hydrogen (secondary N) is 1. The lowest BCUT2D eigenvalue weighted by atomic mass is 10.1. The number of carboxylic acid groups (broad SMARTS) is 1. The van der Waals surface area contributed by atoms with Crippen molar-refractivity contribution in [1.29, 1.82) is 0 Å². The van der Waals surface area contributed by atoms with Gasteiger partial charge in [0.25, 0.3) is 0 Å². The van der Waals surface area contributed by atoms with Gasteiger partial charge in [0.2, 0.25) is 5.91 Å². The minimum atomic E-state index is -0.874. The van der Waals surface area contributed by atoms with E-state index < -0.39 is 5.97 Å². The Labute approximate surface area is 138 Å². The molecule has 3 rings (SSSR count). The van der Waals surface area contributed by atoms with E-state index in [4.69, 9.17) is 9.52 Å². The molecule has 0 bridgehead atoms. The van der Waals surface area contributed by atoms with E-state index in [1.807, 2.05) is 36.4 Å². The molecule has 0 atom stereocenters. The molecule has 2 N–H and O–H groups in total. The number of rotatable bonds is 6. The Kier molecular flexibility index (Phi) is 4.61. The third kappa shape index (κ3) is 4.01. The second-order valence-electron chi connectivity index (χ2n) is 5.59. The van der Waals surface area contributed by atoms with Crippen LogP contribution >= 0.6 is 0 Å². The second kappa shape index (κ2) is 7.00. The first-order chi connectivity index (χ1) is 11.6. The van der Waals surface area contributed by atoms with Crippen LogP contribution in [0.25, 0.3) is 11.0 Å². The van der Waals surface area contributed by atoms with Crippen LogP contribution in [-0.2, 0) is 29.0 Å². The SMILES string of the molecule is O=C(O)Cc1cccc(CNC(=O)Cc2cc3ccccc3o2)c1. The van der Waals surface area contributed by atoms with Gasteiger partial charge in [-0.25, -0.2) is 0 Å². The van der Waals surface area contributed by atoms with Crippen LogP contribution in [0.3, 0.4) is 0 Å². The zero-order chi connectivity index (χ0) is 16.9. The van der Waals surface area contributed by atoms with Crippen LogP contribution in [0.2, 0.25) is 0 Å². The van der Waals surface area contributed by atoms with E-state index in [0.717, 1.165) is 16.5 Å². The van der Waals surface area contributed by atoms with Gasteiger partial charge in [0.1, 0.15) is 11.3 Å². The molecule has 3 aromatic rings. The number of carbonyl (C=O) groups is 2. The number of fused-ring (bicyclic) bond motifs is 1. The van der Waals surface area contributed by atoms with Gasteiger partial charge in [-0.2, -0.15) is 0 Å². The fourth-order valence-electron chi connectivity index (χ4n) is 2.57. The summed E-state index contributed by atoms with van der Waals surface area (Å²) in [6.45, 7) is 0.354. The standard InChI is InChI=1S/C19H17NO4/c21-18(11-16-10-15-6-1-2-7-17(15)24-16)20-12-14-5-3-4-13(8-14)9-19(22)23/h1-8,10H,9,11-12H2,(H,20,21)(H,22,23). The summed E-state index contributed by atoms with van der Waals surface area (Å²) < 4.78 is 5.63. The average Bonchev–Trinajstić information content (AvgIpc) is 2.95. The molecule has 0 saturated carbocycles. The molecule has 5 heteroatoms. The summed E-state index contributed by atoms with van der Waals surface area (Å²) in [5, 5.41) is 12.6. The van der Waals surface area contributed by atoms with Crippen LogP contribution in [0.5, 0.6) is 0 Å². The third-order valence-electron chi connectivity index (χ3n) is 3.65. The minimum Gasteiger partial charge on any atom is -0.481 e. The Balaban J connectivity index is 1.58. The zero-order valence-corrected chi connectivity index (χ0v) is 13.0. The number of aliphatic carboxylic acids is 1. The number of benzene rings is 2. The summed E-state index contributed by atoms with van der Waals surface area (Å²) in [5.74, 6) is -0.396. The fourth-order valence-corrected chi connectivity index (χ4v) is 2.57. The number of amides is 1. The first-order valence-electron chi connectivity index (χ1n) is 7.64. The van der Waals surface area contributed by atoms with E-state index in [9.17, 15) is 9.59 Å². The Morgan fingerprint density at radius 3 is 2.54 bits per heavy atom. The largest absolute Gasteiger partial charge is 0.481 e. The van der Waals surface area contributed by atoms with Gasteiger partial charge >= 0.3 is 5.97 Å². The average molecular weight is 323 g/mol. The number of carbonyl (C=O) groups excluding carboxylic acids is 1. The van der Waals surface area contributed by atoms with Crippen molar-refractivity contribution < 1.29 is 19.1 Å². The highest BCUT2D eigenvalue weighted by Gasteiger charge is 2.09. The van der Waals surface area contributed by atoms with Crippen molar-refractivity contribution in [2.24, 2.45) is 0 Å². The maximum Gasteiger partial charge on any atom is 0.307 e. The smallest absolute Gasteiger partial charge is 0.307 e. The van der Waals surface area contributed by atoms with Crippen molar-refractivity contribution in [3.63, 3.8) is 0 Å². The second-order valence-corrected chi connectivity index (χ2v) is 5.59. The zero-order valence-electron chi connectivity index (χ0n) is 13.0. The van der Waals surface area contributed by atoms with E-state index in [2.05, 4.69) is 5.32 Å². The van der Waals surface area contributed by atoms with Crippen molar-refractivity contribution in [3.8, 4) is 0 Å². The summed E-state index contributed by atoms with van der Waals surface area (Å²) in [6.07, 6.45) is 0.143. The van der Waals surface area contributed by atoms with Crippen molar-refractivity contribution in [2.45, 2.75) is 19.4 Å². The molecule has 0 aliphatic heterocycles. The number of carboxylic acids is 1. The molecule has 0 spiro atoms. The van der Waals surface area contributed by atoms with Crippen molar-refractivity contribution in [3.05, 3.63) is 71.5 Å². The first-order valence-corrected chi connectivity index (χ1v) is 7.64. The van der Waals surface area contributed by atoms with Gasteiger partial charge in [0, 0.05) is 11.9 Å². The van der Waals surface area contributed by atoms with Gasteiger partial charge in [-0.05, 0) is 23.3 Å². The lowest BCUT2D eigenvalue weighted by Crippen LogP contribution is -2.24. The van der Waals surface area contributed by atoms with Crippen LogP contribution in [0.4, 0.5) is 0 Å². The summed E-state index contributed by atoms with van der Waals surface area (Å²) >= 11 is 0. The first kappa shape index (κ1) is 15.8. The van der Waals surface area contributed by atoms with E-state index in [-0.39, 0.29) is 18.7 Å². The van der Waals surface area contributed by atoms with Crippen molar-refractivity contribution in [1.82, 2.24) is 5.32 Å². The highest BCUT2D eigenvalue weighted by Crippen LogP contribution is 2.19. The highest BCUT2D eigenvalue weighted by molar-refractivity contribution is 5.82. The molecule has 0 radical (unpaired) electrons. The maximum absolute atomic E-state index is 12.1. The van der Waals surface area contributed by atoms with Gasteiger partial charge < -0.3 is 14.8 Å². The quantitative estimate of drug-likeness (QED) is 0.731. The van der Waals surface area contributed by atoms with Gasteiger partial charge in [-0.3, -0.25) is 9.59 Å². The molecule has 122 valence electrons. The monoisotopic (exact) mass is 323 g/mol. The van der Waals surface area contributed by atoms with Crippen LogP contribution in [0.1, 0.15) is 16.9 Å². The van der Waals surface area contributed by atoms with Gasteiger partial charge in [-0.1, -0.05) is 42.5 Å². The van der Waals surface area contributed by atoms with E-state index in [1.54, 1.807) is 18.2 Å². The van der Waals surface area contributed by atoms with E-state index in [1.165, 1.54) is 0 Å². The molecular formula is C19H17NO4. The van der Waals surface area contributed by atoms with Crippen molar-refractivity contribution in [2.75, 3.05) is 0 Å². The molecule has 5 nitrogen and oxygen atoms in total. The van der Waals surface area contributed by atoms with Crippen LogP contribution in [0, 0.1) is 0 Å². The molecule has 0 aliphatic carbocycles. The molecular weight excluding hydrogens is 306 g/mol. The molecule has 1 heterocycles. The molecule has 0 saturated heterocycles. The van der Waals surface area contributed by atoms with Gasteiger partial charge in [0.05, 0.1) is 12.8 Å². The molecule has 0 unspecified atom stereocenters. The van der Waals surface area contributed by atoms with Crippen LogP contribution in [-0.4, -0.2) is 17.0 Å². The molecule has 24 heavy (non-hydrogen) atoms. The van der Waals surface area contributed by atoms with E-state index >= 15 is 0 Å². The molecule has 1 amide bonds. The Morgan fingerprint density at radius 2 is 1.75 bits per heavy atom. The summed E-state index contributed by atoms with van der Waals surface area (Å²) in [6, 6.07) is 16.7. The topological polar surface area (TPSA) is 79.5 Å². The normalized spacial score (nSPS) is 10.7. The van der Waals surface area contributed by atoms with E-state index in [0.29, 0.717) is 17.9 Å². The minimum absolute atomic E-state index is 0.0270. The number of furan rings is 1. The molecule has 2 aromatic carbocycles. The Hall–Kier alpha value is -3.08. The Bertz CT molecular complexity index is 849. The predicted octanol–water partition coefficient (Wildman–Crippen LogP) is 2.92. The van der Waals surface area contributed by atoms with Gasteiger partial charge in [-0.15, -0.1) is 0 Å². The van der Waals surface area contributed by atoms with Crippen molar-refractivity contribution >= 4 is 22.8 Å². The number of hydrogen-bond donors (Lipinski definition) is 2.